The zero-order chi connectivity index (χ0) is 15.3. The molecule has 1 aliphatic heterocycles. The van der Waals surface area contributed by atoms with Crippen LogP contribution in [0.2, 0.25) is 10.0 Å². The van der Waals surface area contributed by atoms with Crippen LogP contribution in [0.1, 0.15) is 18.4 Å². The number of hydrogen-bond acceptors (Lipinski definition) is 3. The number of ether oxygens (including phenoxy) is 1. The highest BCUT2D eigenvalue weighted by atomic mass is 35.5. The van der Waals surface area contributed by atoms with Crippen LogP contribution in [0.15, 0.2) is 18.2 Å². The molecule has 0 bridgehead atoms. The Bertz CT molecular complexity index is 502. The van der Waals surface area contributed by atoms with Crippen molar-refractivity contribution in [3.63, 3.8) is 0 Å². The molecule has 21 heavy (non-hydrogen) atoms. The number of carbonyl (C=O) groups excluding carboxylic acids is 1. The van der Waals surface area contributed by atoms with Gasteiger partial charge in [0.2, 0.25) is 5.91 Å². The van der Waals surface area contributed by atoms with E-state index in [2.05, 4.69) is 5.32 Å². The predicted molar refractivity (Wildman–Crippen MR) is 84.7 cm³/mol. The van der Waals surface area contributed by atoms with E-state index in [0.29, 0.717) is 55.6 Å². The second-order valence-electron chi connectivity index (χ2n) is 5.32. The summed E-state index contributed by atoms with van der Waals surface area (Å²) >= 11 is 12.1. The zero-order valence-electron chi connectivity index (χ0n) is 11.8. The van der Waals surface area contributed by atoms with Gasteiger partial charge in [-0.2, -0.15) is 0 Å². The van der Waals surface area contributed by atoms with Crippen LogP contribution in [0, 0.1) is 5.41 Å². The normalized spacial score (nSPS) is 17.5. The Morgan fingerprint density at radius 2 is 2.05 bits per heavy atom. The van der Waals surface area contributed by atoms with E-state index in [9.17, 15) is 4.79 Å². The summed E-state index contributed by atoms with van der Waals surface area (Å²) in [5.74, 6) is 0.00597. The van der Waals surface area contributed by atoms with E-state index in [-0.39, 0.29) is 5.91 Å². The van der Waals surface area contributed by atoms with Crippen molar-refractivity contribution in [2.24, 2.45) is 11.1 Å². The van der Waals surface area contributed by atoms with Crippen molar-refractivity contribution in [3.05, 3.63) is 33.8 Å². The average molecular weight is 331 g/mol. The standard InChI is InChI=1S/C15H20Cl2N2O2/c16-12-3-1-2-11(13(12)17)4-7-19-14(20)15(10-18)5-8-21-9-6-15/h1-3H,4-10,18H2,(H,19,20). The van der Waals surface area contributed by atoms with Gasteiger partial charge in [-0.25, -0.2) is 0 Å². The molecular weight excluding hydrogens is 311 g/mol. The molecule has 0 atom stereocenters. The third-order valence-corrected chi connectivity index (χ3v) is 4.89. The molecule has 6 heteroatoms. The highest BCUT2D eigenvalue weighted by Gasteiger charge is 2.38. The Morgan fingerprint density at radius 1 is 1.33 bits per heavy atom. The minimum absolute atomic E-state index is 0.00597. The van der Waals surface area contributed by atoms with E-state index in [4.69, 9.17) is 33.7 Å². The third kappa shape index (κ3) is 3.89. The van der Waals surface area contributed by atoms with Gasteiger partial charge in [0.25, 0.3) is 0 Å². The lowest BCUT2D eigenvalue weighted by atomic mass is 9.79. The third-order valence-electron chi connectivity index (χ3n) is 4.03. The van der Waals surface area contributed by atoms with Crippen molar-refractivity contribution in [1.82, 2.24) is 5.32 Å². The molecule has 1 aliphatic rings. The molecule has 0 aromatic heterocycles. The lowest BCUT2D eigenvalue weighted by molar-refractivity contribution is -0.135. The smallest absolute Gasteiger partial charge is 0.227 e. The van der Waals surface area contributed by atoms with Crippen LogP contribution in [0.5, 0.6) is 0 Å². The minimum Gasteiger partial charge on any atom is -0.381 e. The van der Waals surface area contributed by atoms with E-state index in [1.54, 1.807) is 6.07 Å². The van der Waals surface area contributed by atoms with Gasteiger partial charge in [0, 0.05) is 26.3 Å². The molecule has 1 heterocycles. The molecule has 4 nitrogen and oxygen atoms in total. The molecule has 116 valence electrons. The maximum atomic E-state index is 12.4. The summed E-state index contributed by atoms with van der Waals surface area (Å²) in [5.41, 5.74) is 6.25. The van der Waals surface area contributed by atoms with Crippen molar-refractivity contribution in [2.75, 3.05) is 26.3 Å². The quantitative estimate of drug-likeness (QED) is 0.871. The maximum Gasteiger partial charge on any atom is 0.227 e. The van der Waals surface area contributed by atoms with E-state index in [1.165, 1.54) is 0 Å². The molecule has 0 saturated carbocycles. The van der Waals surface area contributed by atoms with Gasteiger partial charge in [-0.05, 0) is 30.9 Å². The molecule has 2 rings (SSSR count). The van der Waals surface area contributed by atoms with Crippen LogP contribution in [0.25, 0.3) is 0 Å². The maximum absolute atomic E-state index is 12.4. The number of benzene rings is 1. The predicted octanol–water partition coefficient (Wildman–Crippen LogP) is 2.41. The van der Waals surface area contributed by atoms with Crippen LogP contribution in [-0.4, -0.2) is 32.2 Å². The van der Waals surface area contributed by atoms with Gasteiger partial charge in [0.1, 0.15) is 0 Å². The van der Waals surface area contributed by atoms with Crippen molar-refractivity contribution < 1.29 is 9.53 Å². The van der Waals surface area contributed by atoms with E-state index in [1.807, 2.05) is 12.1 Å². The van der Waals surface area contributed by atoms with Crippen LogP contribution in [0.3, 0.4) is 0 Å². The highest BCUT2D eigenvalue weighted by molar-refractivity contribution is 6.42. The van der Waals surface area contributed by atoms with Crippen molar-refractivity contribution in [2.45, 2.75) is 19.3 Å². The van der Waals surface area contributed by atoms with Gasteiger partial charge in [0.05, 0.1) is 15.5 Å². The first-order valence-electron chi connectivity index (χ1n) is 7.08. The summed E-state index contributed by atoms with van der Waals surface area (Å²) in [6, 6.07) is 5.51. The molecule has 3 N–H and O–H groups in total. The Labute approximate surface area is 134 Å². The Kier molecular flexibility index (Phi) is 5.88. The second-order valence-corrected chi connectivity index (χ2v) is 6.10. The summed E-state index contributed by atoms with van der Waals surface area (Å²) in [4.78, 5) is 12.4. The fourth-order valence-electron chi connectivity index (χ4n) is 2.53. The fourth-order valence-corrected chi connectivity index (χ4v) is 2.94. The van der Waals surface area contributed by atoms with Gasteiger partial charge < -0.3 is 15.8 Å². The summed E-state index contributed by atoms with van der Waals surface area (Å²) in [6.07, 6.45) is 1.99. The lowest BCUT2D eigenvalue weighted by Gasteiger charge is -2.34. The molecule has 0 radical (unpaired) electrons. The molecule has 0 unspecified atom stereocenters. The Hall–Kier alpha value is -0.810. The number of nitrogens with one attached hydrogen (secondary N) is 1. The first kappa shape index (κ1) is 16.6. The largest absolute Gasteiger partial charge is 0.381 e. The Morgan fingerprint density at radius 3 is 2.71 bits per heavy atom. The molecule has 0 aliphatic carbocycles. The number of carbonyl (C=O) groups is 1. The minimum atomic E-state index is -0.490. The lowest BCUT2D eigenvalue weighted by Crippen LogP contribution is -2.49. The van der Waals surface area contributed by atoms with Crippen LogP contribution >= 0.6 is 23.2 Å². The number of rotatable bonds is 5. The first-order valence-corrected chi connectivity index (χ1v) is 7.84. The first-order chi connectivity index (χ1) is 10.1. The van der Waals surface area contributed by atoms with Crippen LogP contribution < -0.4 is 11.1 Å². The summed E-state index contributed by atoms with van der Waals surface area (Å²) in [7, 11) is 0. The van der Waals surface area contributed by atoms with Crippen molar-refractivity contribution >= 4 is 29.1 Å². The highest BCUT2D eigenvalue weighted by Crippen LogP contribution is 2.29. The average Bonchev–Trinajstić information content (AvgIpc) is 2.52. The molecule has 0 spiro atoms. The fraction of sp³-hybridized carbons (Fsp3) is 0.533. The molecule has 1 amide bonds. The second kappa shape index (κ2) is 7.45. The Balaban J connectivity index is 1.90. The van der Waals surface area contributed by atoms with Gasteiger partial charge in [-0.3, -0.25) is 4.79 Å². The van der Waals surface area contributed by atoms with Gasteiger partial charge in [-0.1, -0.05) is 35.3 Å². The zero-order valence-corrected chi connectivity index (χ0v) is 13.3. The monoisotopic (exact) mass is 330 g/mol. The number of nitrogens with two attached hydrogens (primary N) is 1. The van der Waals surface area contributed by atoms with Crippen LogP contribution in [-0.2, 0) is 16.0 Å². The van der Waals surface area contributed by atoms with E-state index < -0.39 is 5.41 Å². The summed E-state index contributed by atoms with van der Waals surface area (Å²) < 4.78 is 5.31. The number of amides is 1. The van der Waals surface area contributed by atoms with Gasteiger partial charge in [0.15, 0.2) is 0 Å². The number of halogens is 2. The van der Waals surface area contributed by atoms with Crippen LogP contribution in [0.4, 0.5) is 0 Å². The van der Waals surface area contributed by atoms with Gasteiger partial charge >= 0.3 is 0 Å². The van der Waals surface area contributed by atoms with E-state index >= 15 is 0 Å². The van der Waals surface area contributed by atoms with E-state index in [0.717, 1.165) is 5.56 Å². The van der Waals surface area contributed by atoms with Gasteiger partial charge in [-0.15, -0.1) is 0 Å². The number of hydrogen-bond donors (Lipinski definition) is 2. The van der Waals surface area contributed by atoms with Crippen molar-refractivity contribution in [3.8, 4) is 0 Å². The molecule has 1 saturated heterocycles. The van der Waals surface area contributed by atoms with Crippen molar-refractivity contribution in [1.29, 1.82) is 0 Å². The SMILES string of the molecule is NCC1(C(=O)NCCc2cccc(Cl)c2Cl)CCOCC1. The molecule has 1 fully saturated rings. The topological polar surface area (TPSA) is 64.4 Å². The molecule has 1 aromatic rings. The summed E-state index contributed by atoms with van der Waals surface area (Å²) in [6.45, 7) is 2.04. The summed E-state index contributed by atoms with van der Waals surface area (Å²) in [5, 5.41) is 4.04. The molecular formula is C15H20Cl2N2O2. The molecule has 1 aromatic carbocycles.